The molecular formula is C23H41NO10P2. The van der Waals surface area contributed by atoms with Crippen molar-refractivity contribution in [3.63, 3.8) is 0 Å². The number of ether oxygens (including phenoxy) is 2. The average molecular weight is 554 g/mol. The van der Waals surface area contributed by atoms with E-state index in [2.05, 4.69) is 0 Å². The Kier molecular flexibility index (Phi) is 14.2. The third kappa shape index (κ3) is 8.54. The highest BCUT2D eigenvalue weighted by Gasteiger charge is 2.44. The lowest BCUT2D eigenvalue weighted by molar-refractivity contribution is -0.144. The summed E-state index contributed by atoms with van der Waals surface area (Å²) in [5, 5.41) is 0. The highest BCUT2D eigenvalue weighted by atomic mass is 31.2. The number of carbonyl (C=O) groups is 2. The van der Waals surface area contributed by atoms with Crippen LogP contribution in [0.15, 0.2) is 12.1 Å². The summed E-state index contributed by atoms with van der Waals surface area (Å²) in [6.07, 6.45) is 0.0104. The van der Waals surface area contributed by atoms with Gasteiger partial charge in [-0.05, 0) is 53.7 Å². The second kappa shape index (κ2) is 15.7. The molecule has 0 saturated heterocycles. The molecule has 1 aromatic rings. The maximum absolute atomic E-state index is 13.5. The average Bonchev–Trinajstić information content (AvgIpc) is 3.15. The molecule has 36 heavy (non-hydrogen) atoms. The van der Waals surface area contributed by atoms with Crippen molar-refractivity contribution < 1.29 is 46.3 Å². The Balaban J connectivity index is 3.39. The van der Waals surface area contributed by atoms with Crippen molar-refractivity contribution in [2.75, 3.05) is 39.6 Å². The molecule has 1 rings (SSSR count). The monoisotopic (exact) mass is 553 g/mol. The van der Waals surface area contributed by atoms with E-state index >= 15 is 0 Å². The fourth-order valence-electron chi connectivity index (χ4n) is 3.69. The van der Waals surface area contributed by atoms with E-state index in [1.807, 2.05) is 0 Å². The number of carbonyl (C=O) groups excluding carboxylic acids is 2. The first-order chi connectivity index (χ1) is 17.1. The van der Waals surface area contributed by atoms with Crippen molar-refractivity contribution in [1.82, 2.24) is 4.57 Å². The Labute approximate surface area is 214 Å². The molecule has 0 fully saturated rings. The van der Waals surface area contributed by atoms with Gasteiger partial charge in [-0.1, -0.05) is 0 Å². The third-order valence-electron chi connectivity index (χ3n) is 5.25. The van der Waals surface area contributed by atoms with Crippen LogP contribution >= 0.6 is 15.2 Å². The first-order valence-electron chi connectivity index (χ1n) is 12.3. The fourth-order valence-corrected chi connectivity index (χ4v) is 7.48. The van der Waals surface area contributed by atoms with Crippen LogP contribution in [0.5, 0.6) is 0 Å². The highest BCUT2D eigenvalue weighted by Crippen LogP contribution is 2.55. The van der Waals surface area contributed by atoms with E-state index < -0.39 is 38.4 Å². The Morgan fingerprint density at radius 2 is 0.972 bits per heavy atom. The Hall–Kier alpha value is -1.48. The molecule has 0 amide bonds. The number of nitrogens with zero attached hydrogens (tertiary/aromatic N) is 1. The maximum atomic E-state index is 13.5. The third-order valence-corrected chi connectivity index (χ3v) is 10.0. The van der Waals surface area contributed by atoms with Crippen LogP contribution in [-0.4, -0.2) is 67.5 Å². The smallest absolute Gasteiger partial charge is 0.345 e. The van der Waals surface area contributed by atoms with E-state index in [0.717, 1.165) is 0 Å². The first kappa shape index (κ1) is 32.5. The molecule has 13 heteroatoms. The van der Waals surface area contributed by atoms with Crippen LogP contribution in [0.3, 0.4) is 0 Å². The summed E-state index contributed by atoms with van der Waals surface area (Å²) < 4.78 is 60.8. The summed E-state index contributed by atoms with van der Waals surface area (Å²) in [5.41, 5.74) is -1.13. The van der Waals surface area contributed by atoms with Gasteiger partial charge in [-0.25, -0.2) is 0 Å². The van der Waals surface area contributed by atoms with Gasteiger partial charge in [0.2, 0.25) is 0 Å². The van der Waals surface area contributed by atoms with Crippen molar-refractivity contribution in [2.45, 2.75) is 65.7 Å². The zero-order chi connectivity index (χ0) is 27.4. The molecule has 0 bridgehead atoms. The van der Waals surface area contributed by atoms with Crippen molar-refractivity contribution in [1.29, 1.82) is 0 Å². The molecule has 1 aromatic heterocycles. The molecule has 0 spiro atoms. The molecule has 0 saturated carbocycles. The fraction of sp³-hybridized carbons (Fsp3) is 0.739. The molecule has 0 aliphatic heterocycles. The van der Waals surface area contributed by atoms with Crippen molar-refractivity contribution in [2.24, 2.45) is 7.05 Å². The minimum absolute atomic E-state index is 0.00522. The predicted molar refractivity (Wildman–Crippen MR) is 135 cm³/mol. The van der Waals surface area contributed by atoms with Gasteiger partial charge in [0.25, 0.3) is 0 Å². The van der Waals surface area contributed by atoms with Gasteiger partial charge >= 0.3 is 27.1 Å². The van der Waals surface area contributed by atoms with Crippen molar-refractivity contribution >= 4 is 27.1 Å². The standard InChI is InChI=1S/C23H41NO10P2/c1-8-29-22(25)20(35(27,31-10-3)32-11-4)16-18-14-15-19(24(18)7)17-21(23(26)30-9-2)36(28,33-12-5)34-13-6/h14-15,20-21H,8-13,16-17H2,1-7H3. The molecular weight excluding hydrogens is 512 g/mol. The van der Waals surface area contributed by atoms with E-state index in [1.54, 1.807) is 65.3 Å². The summed E-state index contributed by atoms with van der Waals surface area (Å²) in [6, 6.07) is 3.47. The maximum Gasteiger partial charge on any atom is 0.345 e. The summed E-state index contributed by atoms with van der Waals surface area (Å²) in [4.78, 5) is 25.6. The Morgan fingerprint density at radius 3 is 1.22 bits per heavy atom. The molecule has 11 nitrogen and oxygen atoms in total. The summed E-state index contributed by atoms with van der Waals surface area (Å²) in [6.45, 7) is 10.6. The largest absolute Gasteiger partial charge is 0.465 e. The Morgan fingerprint density at radius 1 is 0.667 bits per heavy atom. The quantitative estimate of drug-likeness (QED) is 0.189. The van der Waals surface area contributed by atoms with Gasteiger partial charge < -0.3 is 32.1 Å². The lowest BCUT2D eigenvalue weighted by Gasteiger charge is -2.26. The van der Waals surface area contributed by atoms with Gasteiger partial charge in [0.15, 0.2) is 11.3 Å². The molecule has 208 valence electrons. The molecule has 0 aromatic carbocycles. The normalized spacial score (nSPS) is 13.9. The van der Waals surface area contributed by atoms with Crippen LogP contribution in [0, 0.1) is 0 Å². The molecule has 2 atom stereocenters. The van der Waals surface area contributed by atoms with Crippen LogP contribution in [0.2, 0.25) is 0 Å². The van der Waals surface area contributed by atoms with Gasteiger partial charge in [-0.15, -0.1) is 0 Å². The zero-order valence-electron chi connectivity index (χ0n) is 22.4. The van der Waals surface area contributed by atoms with Crippen LogP contribution in [0.1, 0.15) is 52.9 Å². The molecule has 0 aliphatic rings. The second-order valence-electron chi connectivity index (χ2n) is 7.57. The molecule has 1 heterocycles. The lowest BCUT2D eigenvalue weighted by Crippen LogP contribution is -2.30. The minimum Gasteiger partial charge on any atom is -0.465 e. The minimum atomic E-state index is -3.83. The number of rotatable bonds is 18. The van der Waals surface area contributed by atoms with Gasteiger partial charge in [0.1, 0.15) is 0 Å². The van der Waals surface area contributed by atoms with E-state index in [-0.39, 0.29) is 52.5 Å². The Bertz CT molecular complexity index is 840. The van der Waals surface area contributed by atoms with Crippen LogP contribution in [-0.2, 0) is 66.2 Å². The number of esters is 2. The molecule has 0 radical (unpaired) electrons. The highest BCUT2D eigenvalue weighted by molar-refractivity contribution is 7.56. The first-order valence-corrected chi connectivity index (χ1v) is 15.5. The van der Waals surface area contributed by atoms with E-state index in [9.17, 15) is 18.7 Å². The number of hydrogen-bond donors (Lipinski definition) is 0. The summed E-state index contributed by atoms with van der Waals surface area (Å²) in [7, 11) is -5.94. The van der Waals surface area contributed by atoms with Gasteiger partial charge in [0.05, 0.1) is 39.6 Å². The van der Waals surface area contributed by atoms with Crippen molar-refractivity contribution in [3.8, 4) is 0 Å². The second-order valence-corrected chi connectivity index (χ2v) is 12.0. The molecule has 0 N–H and O–H groups in total. The lowest BCUT2D eigenvalue weighted by atomic mass is 10.2. The SMILES string of the molecule is CCOC(=O)C(Cc1ccc(CC(C(=O)OCC)P(=O)(OCC)OCC)n1C)P(=O)(OCC)OCC. The summed E-state index contributed by atoms with van der Waals surface area (Å²) >= 11 is 0. The predicted octanol–water partition coefficient (Wildman–Crippen LogP) is 4.51. The van der Waals surface area contributed by atoms with Crippen LogP contribution in [0.4, 0.5) is 0 Å². The number of hydrogen-bond acceptors (Lipinski definition) is 10. The summed E-state index contributed by atoms with van der Waals surface area (Å²) in [5.74, 6) is -1.38. The topological polar surface area (TPSA) is 129 Å². The van der Waals surface area contributed by atoms with Crippen LogP contribution < -0.4 is 0 Å². The van der Waals surface area contributed by atoms with Crippen molar-refractivity contribution in [3.05, 3.63) is 23.5 Å². The molecule has 2 unspecified atom stereocenters. The van der Waals surface area contributed by atoms with E-state index in [0.29, 0.717) is 11.4 Å². The van der Waals surface area contributed by atoms with Gasteiger partial charge in [-0.2, -0.15) is 0 Å². The number of aromatic nitrogens is 1. The van der Waals surface area contributed by atoms with Gasteiger partial charge in [-0.3, -0.25) is 18.7 Å². The van der Waals surface area contributed by atoms with Crippen LogP contribution in [0.25, 0.3) is 0 Å². The molecule has 0 aliphatic carbocycles. The van der Waals surface area contributed by atoms with E-state index in [4.69, 9.17) is 27.6 Å². The van der Waals surface area contributed by atoms with E-state index in [1.165, 1.54) is 0 Å². The zero-order valence-corrected chi connectivity index (χ0v) is 24.2. The van der Waals surface area contributed by atoms with Gasteiger partial charge in [0, 0.05) is 31.3 Å².